The van der Waals surface area contributed by atoms with Crippen molar-refractivity contribution in [3.05, 3.63) is 65.0 Å². The molecule has 1 unspecified atom stereocenters. The van der Waals surface area contributed by atoms with Crippen LogP contribution < -0.4 is 0 Å². The molecule has 0 fully saturated rings. The van der Waals surface area contributed by atoms with E-state index in [1.54, 1.807) is 0 Å². The van der Waals surface area contributed by atoms with Crippen LogP contribution in [-0.4, -0.2) is 40.7 Å². The Hall–Kier alpha value is -2.73. The van der Waals surface area contributed by atoms with Gasteiger partial charge in [0.25, 0.3) is 5.91 Å². The molecule has 0 saturated carbocycles. The van der Waals surface area contributed by atoms with Gasteiger partial charge < -0.3 is 5.11 Å². The van der Waals surface area contributed by atoms with Crippen molar-refractivity contribution in [2.24, 2.45) is 0 Å². The number of hydrogen-bond donors (Lipinski definition) is 1. The second-order valence-electron chi connectivity index (χ2n) is 6.10. The van der Waals surface area contributed by atoms with Gasteiger partial charge in [-0.05, 0) is 36.5 Å². The number of hydroxylamine groups is 2. The third-order valence-corrected chi connectivity index (χ3v) is 4.56. The number of aryl methyl sites for hydroxylation is 1. The van der Waals surface area contributed by atoms with Crippen LogP contribution in [0.3, 0.4) is 0 Å². The zero-order chi connectivity index (χ0) is 17.8. The molecular formula is C19H20N2O4. The molecule has 0 aliphatic heterocycles. The summed E-state index contributed by atoms with van der Waals surface area (Å²) in [5, 5.41) is 10.3. The van der Waals surface area contributed by atoms with Crippen molar-refractivity contribution in [2.75, 3.05) is 13.7 Å². The number of carboxylic acid groups (broad SMARTS) is 1. The first-order valence-corrected chi connectivity index (χ1v) is 8.22. The van der Waals surface area contributed by atoms with Gasteiger partial charge in [-0.1, -0.05) is 24.3 Å². The van der Waals surface area contributed by atoms with Gasteiger partial charge in [0.05, 0.1) is 24.8 Å². The fourth-order valence-corrected chi connectivity index (χ4v) is 3.30. The van der Waals surface area contributed by atoms with Gasteiger partial charge in [0.1, 0.15) is 0 Å². The second-order valence-corrected chi connectivity index (χ2v) is 6.10. The molecule has 6 nitrogen and oxygen atoms in total. The molecule has 6 heteroatoms. The highest BCUT2D eigenvalue weighted by molar-refractivity contribution is 5.96. The standard InChI is InChI=1S/C19H20N2O4/c1-25-21(18(22)15-9-16(19(23)24)11-20-10-15)12-14-7-4-6-13-5-2-3-8-17(13)14/h2-3,5,8-11,14H,4,6-7,12H2,1H3,(H,23,24). The van der Waals surface area contributed by atoms with Crippen molar-refractivity contribution in [3.63, 3.8) is 0 Å². The van der Waals surface area contributed by atoms with E-state index in [0.29, 0.717) is 6.54 Å². The van der Waals surface area contributed by atoms with Crippen molar-refractivity contribution in [3.8, 4) is 0 Å². The molecule has 3 rings (SSSR count). The molecule has 1 aromatic heterocycles. The van der Waals surface area contributed by atoms with Gasteiger partial charge in [-0.3, -0.25) is 14.6 Å². The van der Waals surface area contributed by atoms with Crippen LogP contribution >= 0.6 is 0 Å². The zero-order valence-corrected chi connectivity index (χ0v) is 14.0. The molecule has 1 aromatic carbocycles. The Morgan fingerprint density at radius 1 is 1.28 bits per heavy atom. The number of benzene rings is 1. The number of rotatable bonds is 5. The molecule has 1 aliphatic carbocycles. The van der Waals surface area contributed by atoms with Crippen LogP contribution in [0.5, 0.6) is 0 Å². The largest absolute Gasteiger partial charge is 0.478 e. The fourth-order valence-electron chi connectivity index (χ4n) is 3.30. The summed E-state index contributed by atoms with van der Waals surface area (Å²) in [6, 6.07) is 9.59. The summed E-state index contributed by atoms with van der Waals surface area (Å²) in [7, 11) is 1.45. The monoisotopic (exact) mass is 340 g/mol. The van der Waals surface area contributed by atoms with E-state index in [0.717, 1.165) is 19.3 Å². The van der Waals surface area contributed by atoms with E-state index < -0.39 is 5.97 Å². The van der Waals surface area contributed by atoms with Crippen molar-refractivity contribution >= 4 is 11.9 Å². The highest BCUT2D eigenvalue weighted by Gasteiger charge is 2.26. The number of carbonyl (C=O) groups is 2. The Morgan fingerprint density at radius 2 is 2.04 bits per heavy atom. The lowest BCUT2D eigenvalue weighted by molar-refractivity contribution is -0.0989. The Morgan fingerprint density at radius 3 is 2.80 bits per heavy atom. The number of aromatic nitrogens is 1. The maximum atomic E-state index is 12.7. The minimum Gasteiger partial charge on any atom is -0.478 e. The molecule has 25 heavy (non-hydrogen) atoms. The molecule has 1 amide bonds. The number of fused-ring (bicyclic) bond motifs is 1. The van der Waals surface area contributed by atoms with E-state index in [1.165, 1.54) is 41.8 Å². The zero-order valence-electron chi connectivity index (χ0n) is 14.0. The van der Waals surface area contributed by atoms with Crippen LogP contribution in [0.1, 0.15) is 50.6 Å². The Balaban J connectivity index is 1.80. The van der Waals surface area contributed by atoms with Crippen molar-refractivity contribution < 1.29 is 19.5 Å². The normalized spacial score (nSPS) is 16.1. The van der Waals surface area contributed by atoms with Crippen LogP contribution in [-0.2, 0) is 11.3 Å². The molecule has 1 N–H and O–H groups in total. The van der Waals surface area contributed by atoms with E-state index in [9.17, 15) is 9.59 Å². The summed E-state index contributed by atoms with van der Waals surface area (Å²) in [4.78, 5) is 32.9. The predicted molar refractivity (Wildman–Crippen MR) is 91.4 cm³/mol. The van der Waals surface area contributed by atoms with Gasteiger partial charge in [-0.25, -0.2) is 9.86 Å². The number of aromatic carboxylic acids is 1. The Bertz CT molecular complexity index is 790. The fraction of sp³-hybridized carbons (Fsp3) is 0.316. The lowest BCUT2D eigenvalue weighted by Gasteiger charge is -2.30. The summed E-state index contributed by atoms with van der Waals surface area (Å²) in [5.41, 5.74) is 2.74. The van der Waals surface area contributed by atoms with Crippen molar-refractivity contribution in [2.45, 2.75) is 25.2 Å². The first kappa shape index (κ1) is 17.1. The number of nitrogens with zero attached hydrogens (tertiary/aromatic N) is 2. The molecule has 1 atom stereocenters. The van der Waals surface area contributed by atoms with E-state index >= 15 is 0 Å². The summed E-state index contributed by atoms with van der Waals surface area (Å²) >= 11 is 0. The quantitative estimate of drug-likeness (QED) is 0.847. The topological polar surface area (TPSA) is 79.7 Å². The summed E-state index contributed by atoms with van der Waals surface area (Å²) < 4.78 is 0. The third-order valence-electron chi connectivity index (χ3n) is 4.56. The van der Waals surface area contributed by atoms with Crippen molar-refractivity contribution in [1.82, 2.24) is 10.0 Å². The Labute approximate surface area is 146 Å². The minimum atomic E-state index is -1.12. The van der Waals surface area contributed by atoms with Gasteiger partial charge in [-0.2, -0.15) is 0 Å². The number of carboxylic acids is 1. The molecule has 1 heterocycles. The van der Waals surface area contributed by atoms with Crippen LogP contribution in [0.4, 0.5) is 0 Å². The first-order valence-electron chi connectivity index (χ1n) is 8.22. The highest BCUT2D eigenvalue weighted by Crippen LogP contribution is 2.32. The van der Waals surface area contributed by atoms with E-state index in [4.69, 9.17) is 9.94 Å². The predicted octanol–water partition coefficient (Wildman–Crippen LogP) is 2.90. The maximum Gasteiger partial charge on any atom is 0.337 e. The smallest absolute Gasteiger partial charge is 0.337 e. The molecule has 0 saturated heterocycles. The SMILES string of the molecule is CON(CC1CCCc2ccccc21)C(=O)c1cncc(C(=O)O)c1. The van der Waals surface area contributed by atoms with Gasteiger partial charge >= 0.3 is 5.97 Å². The summed E-state index contributed by atoms with van der Waals surface area (Å²) in [6.07, 6.45) is 5.68. The number of pyridine rings is 1. The van der Waals surface area contributed by atoms with Gasteiger partial charge in [-0.15, -0.1) is 0 Å². The molecule has 130 valence electrons. The summed E-state index contributed by atoms with van der Waals surface area (Å²) in [5.74, 6) is -1.31. The van der Waals surface area contributed by atoms with Crippen LogP contribution in [0, 0.1) is 0 Å². The maximum absolute atomic E-state index is 12.7. The molecule has 2 aromatic rings. The van der Waals surface area contributed by atoms with E-state index in [2.05, 4.69) is 17.1 Å². The van der Waals surface area contributed by atoms with Crippen LogP contribution in [0.2, 0.25) is 0 Å². The number of amides is 1. The minimum absolute atomic E-state index is 0.0232. The molecule has 0 bridgehead atoms. The highest BCUT2D eigenvalue weighted by atomic mass is 16.7. The van der Waals surface area contributed by atoms with Gasteiger partial charge in [0.15, 0.2) is 0 Å². The average Bonchev–Trinajstić information content (AvgIpc) is 2.65. The number of hydrogen-bond acceptors (Lipinski definition) is 4. The molecule has 0 spiro atoms. The van der Waals surface area contributed by atoms with Crippen molar-refractivity contribution in [1.29, 1.82) is 0 Å². The first-order chi connectivity index (χ1) is 12.1. The van der Waals surface area contributed by atoms with E-state index in [1.807, 2.05) is 12.1 Å². The number of carbonyl (C=O) groups excluding carboxylic acids is 1. The van der Waals surface area contributed by atoms with Gasteiger partial charge in [0, 0.05) is 18.3 Å². The van der Waals surface area contributed by atoms with Crippen LogP contribution in [0.15, 0.2) is 42.7 Å². The lowest BCUT2D eigenvalue weighted by atomic mass is 9.83. The molecular weight excluding hydrogens is 320 g/mol. The van der Waals surface area contributed by atoms with Crippen LogP contribution in [0.25, 0.3) is 0 Å². The van der Waals surface area contributed by atoms with E-state index in [-0.39, 0.29) is 23.0 Å². The second kappa shape index (κ2) is 7.44. The average molecular weight is 340 g/mol. The molecule has 1 aliphatic rings. The third kappa shape index (κ3) is 3.69. The molecule has 0 radical (unpaired) electrons. The summed E-state index contributed by atoms with van der Waals surface area (Å²) in [6.45, 7) is 0.420. The van der Waals surface area contributed by atoms with Gasteiger partial charge in [0.2, 0.25) is 0 Å². The Kier molecular flexibility index (Phi) is 5.09. The lowest BCUT2D eigenvalue weighted by Crippen LogP contribution is -2.35.